The summed E-state index contributed by atoms with van der Waals surface area (Å²) in [7, 11) is 0. The summed E-state index contributed by atoms with van der Waals surface area (Å²) in [6, 6.07) is 2.94. The van der Waals surface area contributed by atoms with E-state index in [2.05, 4.69) is 20.2 Å². The number of benzene rings is 1. The third kappa shape index (κ3) is 3.49. The van der Waals surface area contributed by atoms with Crippen molar-refractivity contribution in [1.29, 1.82) is 0 Å². The predicted octanol–water partition coefficient (Wildman–Crippen LogP) is 2.26. The van der Waals surface area contributed by atoms with Gasteiger partial charge in [-0.2, -0.15) is 0 Å². The maximum atomic E-state index is 15.2. The monoisotopic (exact) mass is 399 g/mol. The number of aliphatic imine (C=N–C) groups is 1. The highest BCUT2D eigenvalue weighted by Crippen LogP contribution is 2.31. The first kappa shape index (κ1) is 19.1. The van der Waals surface area contributed by atoms with Crippen molar-refractivity contribution >= 4 is 28.5 Å². The Morgan fingerprint density at radius 2 is 1.90 bits per heavy atom. The molecule has 1 saturated heterocycles. The smallest absolute Gasteiger partial charge is 0.173 e. The SMILES string of the molecule is Cc1cn2cc(N=C(N)c3c(N)cc(N4CCNCC4)c(C)c3F)cc(F)c2n1. The van der Waals surface area contributed by atoms with Gasteiger partial charge < -0.3 is 26.1 Å². The average Bonchev–Trinajstić information content (AvgIpc) is 3.06. The largest absolute Gasteiger partial charge is 0.398 e. The Morgan fingerprint density at radius 3 is 2.62 bits per heavy atom. The summed E-state index contributed by atoms with van der Waals surface area (Å²) in [5.41, 5.74) is 14.8. The van der Waals surface area contributed by atoms with Gasteiger partial charge in [0, 0.05) is 61.6 Å². The summed E-state index contributed by atoms with van der Waals surface area (Å²) in [5, 5.41) is 3.27. The quantitative estimate of drug-likeness (QED) is 0.357. The molecule has 0 saturated carbocycles. The van der Waals surface area contributed by atoms with Crippen molar-refractivity contribution in [1.82, 2.24) is 14.7 Å². The van der Waals surface area contributed by atoms with Crippen LogP contribution in [0.3, 0.4) is 0 Å². The minimum absolute atomic E-state index is 0.0312. The van der Waals surface area contributed by atoms with Gasteiger partial charge in [-0.1, -0.05) is 0 Å². The molecule has 4 rings (SSSR count). The van der Waals surface area contributed by atoms with Crippen molar-refractivity contribution in [3.05, 3.63) is 53.0 Å². The first-order chi connectivity index (χ1) is 13.8. The van der Waals surface area contributed by atoms with E-state index in [1.807, 2.05) is 0 Å². The van der Waals surface area contributed by atoms with E-state index < -0.39 is 11.6 Å². The average molecular weight is 399 g/mol. The van der Waals surface area contributed by atoms with Gasteiger partial charge in [0.05, 0.1) is 16.9 Å². The van der Waals surface area contributed by atoms with Gasteiger partial charge in [-0.3, -0.25) is 0 Å². The summed E-state index contributed by atoms with van der Waals surface area (Å²) in [6.07, 6.45) is 3.26. The molecular formula is C20H23F2N7. The van der Waals surface area contributed by atoms with Gasteiger partial charge in [0.25, 0.3) is 0 Å². The molecule has 0 bridgehead atoms. The van der Waals surface area contributed by atoms with Crippen molar-refractivity contribution in [2.45, 2.75) is 13.8 Å². The Bertz CT molecular complexity index is 1110. The molecule has 2 aromatic heterocycles. The molecule has 7 nitrogen and oxygen atoms in total. The number of anilines is 2. The lowest BCUT2D eigenvalue weighted by molar-refractivity contribution is 0.581. The molecule has 1 aromatic carbocycles. The Kier molecular flexibility index (Phi) is 4.83. The number of rotatable bonds is 3. The van der Waals surface area contributed by atoms with Crippen LogP contribution >= 0.6 is 0 Å². The van der Waals surface area contributed by atoms with Gasteiger partial charge in [-0.05, 0) is 19.9 Å². The Labute approximate surface area is 167 Å². The Hall–Kier alpha value is -3.20. The molecule has 1 aliphatic rings. The zero-order valence-corrected chi connectivity index (χ0v) is 16.3. The second-order valence-electron chi connectivity index (χ2n) is 7.19. The third-order valence-electron chi connectivity index (χ3n) is 5.09. The number of piperazine rings is 1. The number of aryl methyl sites for hydroxylation is 1. The van der Waals surface area contributed by atoms with E-state index in [0.29, 0.717) is 11.3 Å². The maximum Gasteiger partial charge on any atom is 0.173 e. The van der Waals surface area contributed by atoms with Crippen LogP contribution in [0.25, 0.3) is 5.65 Å². The molecule has 0 radical (unpaired) electrons. The molecule has 3 aromatic rings. The highest BCUT2D eigenvalue weighted by molar-refractivity contribution is 6.04. The lowest BCUT2D eigenvalue weighted by atomic mass is 10.0. The number of hydrogen-bond acceptors (Lipinski definition) is 5. The summed E-state index contributed by atoms with van der Waals surface area (Å²) < 4.78 is 31.0. The second kappa shape index (κ2) is 7.32. The molecule has 0 aliphatic carbocycles. The number of aromatic nitrogens is 2. The standard InChI is InChI=1S/C20H23F2N7/c1-11-9-29-10-13(7-14(21)20(29)26-11)27-19(24)17-15(23)8-16(12(2)18(17)22)28-5-3-25-4-6-28/h7-10,25H,3-6,23H2,1-2H3,(H2,24,27). The molecular weight excluding hydrogens is 376 g/mol. The lowest BCUT2D eigenvalue weighted by Gasteiger charge is -2.31. The molecule has 0 atom stereocenters. The molecule has 3 heterocycles. The number of nitrogen functional groups attached to an aromatic ring is 1. The van der Waals surface area contributed by atoms with E-state index in [4.69, 9.17) is 11.5 Å². The van der Waals surface area contributed by atoms with Crippen molar-refractivity contribution < 1.29 is 8.78 Å². The molecule has 0 spiro atoms. The summed E-state index contributed by atoms with van der Waals surface area (Å²) >= 11 is 0. The summed E-state index contributed by atoms with van der Waals surface area (Å²) in [5.74, 6) is -1.16. The molecule has 1 aliphatic heterocycles. The van der Waals surface area contributed by atoms with Gasteiger partial charge in [0.1, 0.15) is 11.7 Å². The fraction of sp³-hybridized carbons (Fsp3) is 0.300. The van der Waals surface area contributed by atoms with Crippen molar-refractivity contribution in [3.8, 4) is 0 Å². The molecule has 0 unspecified atom stereocenters. The summed E-state index contributed by atoms with van der Waals surface area (Å²) in [6.45, 7) is 6.66. The van der Waals surface area contributed by atoms with E-state index in [1.54, 1.807) is 32.3 Å². The van der Waals surface area contributed by atoms with Gasteiger partial charge in [0.15, 0.2) is 11.5 Å². The van der Waals surface area contributed by atoms with Crippen LogP contribution in [0, 0.1) is 25.5 Å². The second-order valence-corrected chi connectivity index (χ2v) is 7.19. The summed E-state index contributed by atoms with van der Waals surface area (Å²) in [4.78, 5) is 10.4. The number of hydrogen-bond donors (Lipinski definition) is 3. The molecule has 152 valence electrons. The first-order valence-electron chi connectivity index (χ1n) is 9.38. The minimum atomic E-state index is -0.536. The van der Waals surface area contributed by atoms with Crippen LogP contribution in [0.15, 0.2) is 29.5 Å². The normalized spacial score (nSPS) is 15.3. The minimum Gasteiger partial charge on any atom is -0.398 e. The maximum absolute atomic E-state index is 15.2. The van der Waals surface area contributed by atoms with E-state index >= 15 is 4.39 Å². The van der Waals surface area contributed by atoms with E-state index in [0.717, 1.165) is 31.9 Å². The van der Waals surface area contributed by atoms with Gasteiger partial charge >= 0.3 is 0 Å². The number of halogens is 2. The van der Waals surface area contributed by atoms with Crippen molar-refractivity contribution in [2.24, 2.45) is 10.7 Å². The molecule has 5 N–H and O–H groups in total. The topological polar surface area (TPSA) is 97.0 Å². The lowest BCUT2D eigenvalue weighted by Crippen LogP contribution is -2.44. The molecule has 0 amide bonds. The number of pyridine rings is 1. The van der Waals surface area contributed by atoms with Gasteiger partial charge in [0.2, 0.25) is 0 Å². The number of imidazole rings is 1. The van der Waals surface area contributed by atoms with Crippen molar-refractivity contribution in [3.63, 3.8) is 0 Å². The van der Waals surface area contributed by atoms with Crippen LogP contribution in [-0.2, 0) is 0 Å². The van der Waals surface area contributed by atoms with Crippen LogP contribution in [0.4, 0.5) is 25.8 Å². The first-order valence-corrected chi connectivity index (χ1v) is 9.38. The van der Waals surface area contributed by atoms with Crippen LogP contribution in [0.1, 0.15) is 16.8 Å². The van der Waals surface area contributed by atoms with Crippen LogP contribution in [0.5, 0.6) is 0 Å². The van der Waals surface area contributed by atoms with E-state index in [9.17, 15) is 4.39 Å². The molecule has 1 fully saturated rings. The number of nitrogens with one attached hydrogen (secondary N) is 1. The highest BCUT2D eigenvalue weighted by atomic mass is 19.1. The zero-order chi connectivity index (χ0) is 20.7. The van der Waals surface area contributed by atoms with Crippen LogP contribution in [0.2, 0.25) is 0 Å². The Morgan fingerprint density at radius 1 is 1.17 bits per heavy atom. The number of amidine groups is 1. The number of fused-ring (bicyclic) bond motifs is 1. The third-order valence-corrected chi connectivity index (χ3v) is 5.09. The highest BCUT2D eigenvalue weighted by Gasteiger charge is 2.21. The van der Waals surface area contributed by atoms with Crippen LogP contribution in [-0.4, -0.2) is 41.4 Å². The zero-order valence-electron chi connectivity index (χ0n) is 16.3. The van der Waals surface area contributed by atoms with Crippen LogP contribution < -0.4 is 21.7 Å². The molecule has 29 heavy (non-hydrogen) atoms. The van der Waals surface area contributed by atoms with Gasteiger partial charge in [-0.25, -0.2) is 18.8 Å². The van der Waals surface area contributed by atoms with Crippen molar-refractivity contribution in [2.75, 3.05) is 36.8 Å². The predicted molar refractivity (Wildman–Crippen MR) is 111 cm³/mol. The Balaban J connectivity index is 1.75. The number of nitrogens with two attached hydrogens (primary N) is 2. The molecule has 9 heteroatoms. The fourth-order valence-corrected chi connectivity index (χ4v) is 3.67. The van der Waals surface area contributed by atoms with E-state index in [-0.39, 0.29) is 28.4 Å². The fourth-order valence-electron chi connectivity index (χ4n) is 3.67. The van der Waals surface area contributed by atoms with E-state index in [1.165, 1.54) is 10.5 Å². The van der Waals surface area contributed by atoms with Gasteiger partial charge in [-0.15, -0.1) is 0 Å². The number of nitrogens with zero attached hydrogens (tertiary/aromatic N) is 4.